The first-order valence-corrected chi connectivity index (χ1v) is 8.43. The highest BCUT2D eigenvalue weighted by molar-refractivity contribution is 7.99. The number of fused-ring (bicyclic) bond motifs is 1. The number of thioether (sulfide) groups is 1. The zero-order valence-corrected chi connectivity index (χ0v) is 13.1. The minimum atomic E-state index is -0.553. The summed E-state index contributed by atoms with van der Waals surface area (Å²) in [5.74, 6) is 2.77. The predicted octanol–water partition coefficient (Wildman–Crippen LogP) is 2.81. The van der Waals surface area contributed by atoms with Crippen molar-refractivity contribution in [3.05, 3.63) is 42.0 Å². The first-order valence-electron chi connectivity index (χ1n) is 7.27. The van der Waals surface area contributed by atoms with Crippen molar-refractivity contribution >= 4 is 22.5 Å². The number of hydrogen-bond donors (Lipinski definition) is 2. The lowest BCUT2D eigenvalue weighted by atomic mass is 10.0. The molecule has 0 saturated carbocycles. The topological polar surface area (TPSA) is 41.5 Å². The number of ether oxygens (including phenoxy) is 1. The van der Waals surface area contributed by atoms with Gasteiger partial charge in [0.2, 0.25) is 0 Å². The summed E-state index contributed by atoms with van der Waals surface area (Å²) >= 11 is 1.82. The molecule has 0 bridgehead atoms. The van der Waals surface area contributed by atoms with Gasteiger partial charge in [-0.3, -0.25) is 0 Å². The third-order valence-electron chi connectivity index (χ3n) is 4.06. The van der Waals surface area contributed by atoms with Gasteiger partial charge in [0.05, 0.1) is 12.7 Å². The molecule has 0 radical (unpaired) electrons. The average Bonchev–Trinajstić information content (AvgIpc) is 2.94. The summed E-state index contributed by atoms with van der Waals surface area (Å²) in [6.07, 6.45) is 0.872. The first kappa shape index (κ1) is 14.7. The van der Waals surface area contributed by atoms with E-state index in [0.29, 0.717) is 13.1 Å². The second kappa shape index (κ2) is 6.26. The molecule has 1 fully saturated rings. The second-order valence-electron chi connectivity index (χ2n) is 5.60. The van der Waals surface area contributed by atoms with Crippen molar-refractivity contribution in [3.8, 4) is 5.75 Å². The lowest BCUT2D eigenvalue weighted by Gasteiger charge is -2.22. The van der Waals surface area contributed by atoms with E-state index >= 15 is 0 Å². The van der Waals surface area contributed by atoms with Gasteiger partial charge in [0.15, 0.2) is 0 Å². The summed E-state index contributed by atoms with van der Waals surface area (Å²) in [4.78, 5) is 0. The Labute approximate surface area is 129 Å². The molecule has 0 aliphatic carbocycles. The van der Waals surface area contributed by atoms with Crippen LogP contribution in [0.4, 0.5) is 0 Å². The Balaban J connectivity index is 1.79. The molecule has 3 nitrogen and oxygen atoms in total. The molecule has 21 heavy (non-hydrogen) atoms. The Kier molecular flexibility index (Phi) is 4.38. The molecule has 0 aromatic heterocycles. The Morgan fingerprint density at radius 1 is 1.29 bits per heavy atom. The van der Waals surface area contributed by atoms with Crippen LogP contribution in [0.15, 0.2) is 36.4 Å². The average molecular weight is 303 g/mol. The fraction of sp³-hybridized carbons (Fsp3) is 0.412. The van der Waals surface area contributed by atoms with E-state index in [1.807, 2.05) is 30.0 Å². The molecule has 2 N–H and O–H groups in total. The molecule has 1 aliphatic heterocycles. The molecule has 112 valence electrons. The second-order valence-corrected chi connectivity index (χ2v) is 6.70. The fourth-order valence-corrected chi connectivity index (χ4v) is 4.14. The van der Waals surface area contributed by atoms with Crippen molar-refractivity contribution in [2.45, 2.75) is 18.6 Å². The first-order chi connectivity index (χ1) is 10.2. The van der Waals surface area contributed by atoms with Gasteiger partial charge in [-0.2, -0.15) is 11.8 Å². The molecular weight excluding hydrogens is 282 g/mol. The van der Waals surface area contributed by atoms with Gasteiger partial charge in [-0.15, -0.1) is 0 Å². The number of nitrogens with one attached hydrogen (secondary N) is 1. The summed E-state index contributed by atoms with van der Waals surface area (Å²) in [6.45, 7) is 1.34. The summed E-state index contributed by atoms with van der Waals surface area (Å²) in [6, 6.07) is 12.4. The van der Waals surface area contributed by atoms with Crippen molar-refractivity contribution in [3.63, 3.8) is 0 Å². The van der Waals surface area contributed by atoms with E-state index < -0.39 is 5.60 Å². The molecule has 3 rings (SSSR count). The molecule has 4 heteroatoms. The molecule has 1 atom stereocenters. The summed E-state index contributed by atoms with van der Waals surface area (Å²) in [5.41, 5.74) is 0.604. The standard InChI is InChI=1S/C17H21NO2S/c1-20-16-7-6-13-4-2-3-5-14(13)15(16)10-18-11-17(19)8-9-21-12-17/h2-7,18-19H,8-12H2,1H3. The molecule has 1 unspecified atom stereocenters. The lowest BCUT2D eigenvalue weighted by molar-refractivity contribution is 0.0674. The van der Waals surface area contributed by atoms with Crippen LogP contribution in [0.5, 0.6) is 5.75 Å². The predicted molar refractivity (Wildman–Crippen MR) is 89.1 cm³/mol. The molecule has 2 aromatic rings. The maximum atomic E-state index is 10.4. The van der Waals surface area contributed by atoms with Crippen LogP contribution >= 0.6 is 11.8 Å². The zero-order chi connectivity index (χ0) is 14.7. The third kappa shape index (κ3) is 3.18. The van der Waals surface area contributed by atoms with Crippen molar-refractivity contribution < 1.29 is 9.84 Å². The molecule has 2 aromatic carbocycles. The molecule has 1 saturated heterocycles. The minimum Gasteiger partial charge on any atom is -0.496 e. The Morgan fingerprint density at radius 3 is 2.90 bits per heavy atom. The SMILES string of the molecule is COc1ccc2ccccc2c1CNCC1(O)CCSC1. The van der Waals surface area contributed by atoms with Crippen LogP contribution in [0.3, 0.4) is 0 Å². The van der Waals surface area contributed by atoms with Crippen LogP contribution in [0, 0.1) is 0 Å². The fourth-order valence-electron chi connectivity index (χ4n) is 2.85. The van der Waals surface area contributed by atoms with E-state index in [-0.39, 0.29) is 0 Å². The maximum absolute atomic E-state index is 10.4. The quantitative estimate of drug-likeness (QED) is 0.891. The van der Waals surface area contributed by atoms with Gasteiger partial charge in [0.1, 0.15) is 5.75 Å². The van der Waals surface area contributed by atoms with Crippen molar-refractivity contribution in [1.82, 2.24) is 5.32 Å². The number of aliphatic hydroxyl groups is 1. The van der Waals surface area contributed by atoms with Crippen LogP contribution in [0.2, 0.25) is 0 Å². The molecule has 1 heterocycles. The Morgan fingerprint density at radius 2 is 2.14 bits per heavy atom. The van der Waals surface area contributed by atoms with Crippen LogP contribution in [0.25, 0.3) is 10.8 Å². The molecular formula is C17H21NO2S. The Bertz CT molecular complexity index is 623. The van der Waals surface area contributed by atoms with E-state index in [1.165, 1.54) is 10.8 Å². The lowest BCUT2D eigenvalue weighted by Crippen LogP contribution is -2.40. The van der Waals surface area contributed by atoms with E-state index in [2.05, 4.69) is 23.5 Å². The zero-order valence-electron chi connectivity index (χ0n) is 12.3. The largest absolute Gasteiger partial charge is 0.496 e. The minimum absolute atomic E-state index is 0.553. The van der Waals surface area contributed by atoms with Gasteiger partial charge in [0.25, 0.3) is 0 Å². The van der Waals surface area contributed by atoms with Gasteiger partial charge in [-0.05, 0) is 29.0 Å². The van der Waals surface area contributed by atoms with Gasteiger partial charge >= 0.3 is 0 Å². The molecule has 0 spiro atoms. The number of methoxy groups -OCH3 is 1. The summed E-state index contributed by atoms with van der Waals surface area (Å²) in [7, 11) is 1.70. The monoisotopic (exact) mass is 303 g/mol. The van der Waals surface area contributed by atoms with Gasteiger partial charge in [-0.25, -0.2) is 0 Å². The summed E-state index contributed by atoms with van der Waals surface area (Å²) in [5, 5.41) is 16.2. The third-order valence-corrected chi connectivity index (χ3v) is 5.29. The number of rotatable bonds is 5. The normalized spacial score (nSPS) is 21.8. The van der Waals surface area contributed by atoms with Crippen LogP contribution < -0.4 is 10.1 Å². The summed E-state index contributed by atoms with van der Waals surface area (Å²) < 4.78 is 5.49. The number of benzene rings is 2. The van der Waals surface area contributed by atoms with E-state index in [0.717, 1.165) is 29.2 Å². The van der Waals surface area contributed by atoms with Gasteiger partial charge < -0.3 is 15.2 Å². The van der Waals surface area contributed by atoms with E-state index in [1.54, 1.807) is 7.11 Å². The van der Waals surface area contributed by atoms with E-state index in [9.17, 15) is 5.11 Å². The van der Waals surface area contributed by atoms with Crippen molar-refractivity contribution in [2.75, 3.05) is 25.2 Å². The van der Waals surface area contributed by atoms with Crippen LogP contribution in [-0.2, 0) is 6.54 Å². The van der Waals surface area contributed by atoms with E-state index in [4.69, 9.17) is 4.74 Å². The maximum Gasteiger partial charge on any atom is 0.123 e. The Hall–Kier alpha value is -1.23. The van der Waals surface area contributed by atoms with Gasteiger partial charge in [-0.1, -0.05) is 30.3 Å². The highest BCUT2D eigenvalue weighted by atomic mass is 32.2. The molecule has 1 aliphatic rings. The highest BCUT2D eigenvalue weighted by Crippen LogP contribution is 2.29. The van der Waals surface area contributed by atoms with Crippen LogP contribution in [0.1, 0.15) is 12.0 Å². The smallest absolute Gasteiger partial charge is 0.123 e. The van der Waals surface area contributed by atoms with Crippen molar-refractivity contribution in [2.24, 2.45) is 0 Å². The molecule has 0 amide bonds. The van der Waals surface area contributed by atoms with Crippen LogP contribution in [-0.4, -0.2) is 35.9 Å². The highest BCUT2D eigenvalue weighted by Gasteiger charge is 2.31. The van der Waals surface area contributed by atoms with Crippen molar-refractivity contribution in [1.29, 1.82) is 0 Å². The number of hydrogen-bond acceptors (Lipinski definition) is 4. The van der Waals surface area contributed by atoms with Gasteiger partial charge in [0, 0.05) is 24.4 Å².